The fourth-order valence-electron chi connectivity index (χ4n) is 1.85. The van der Waals surface area contributed by atoms with E-state index in [0.717, 1.165) is 13.1 Å². The number of hydrogen-bond donors (Lipinski definition) is 1. The molecule has 0 radical (unpaired) electrons. The van der Waals surface area contributed by atoms with Gasteiger partial charge in [0.15, 0.2) is 0 Å². The maximum Gasteiger partial charge on any atom is 0.241 e. The van der Waals surface area contributed by atoms with Crippen molar-refractivity contribution in [3.63, 3.8) is 0 Å². The molecule has 0 unspecified atom stereocenters. The van der Waals surface area contributed by atoms with Gasteiger partial charge >= 0.3 is 0 Å². The second kappa shape index (κ2) is 5.30. The van der Waals surface area contributed by atoms with Crippen LogP contribution in [0.4, 0.5) is 0 Å². The highest BCUT2D eigenvalue weighted by molar-refractivity contribution is 5.86. The van der Waals surface area contributed by atoms with Gasteiger partial charge in [0.25, 0.3) is 0 Å². The van der Waals surface area contributed by atoms with Crippen molar-refractivity contribution in [1.82, 2.24) is 15.1 Å². The van der Waals surface area contributed by atoms with Gasteiger partial charge in [-0.2, -0.15) is 0 Å². The number of hydrogen-bond acceptors (Lipinski definition) is 3. The maximum absolute atomic E-state index is 12.0. The van der Waals surface area contributed by atoms with E-state index < -0.39 is 0 Å². The van der Waals surface area contributed by atoms with E-state index >= 15 is 0 Å². The number of likely N-dealkylation sites (N-methyl/N-ethyl adjacent to an activating group) is 2. The lowest BCUT2D eigenvalue weighted by molar-refractivity contribution is -0.140. The Balaban J connectivity index is 2.50. The molecule has 16 heavy (non-hydrogen) atoms. The average molecular weight is 227 g/mol. The average Bonchev–Trinajstić information content (AvgIpc) is 2.62. The van der Waals surface area contributed by atoms with Crippen LogP contribution in [-0.4, -0.2) is 62.4 Å². The minimum Gasteiger partial charge on any atom is -0.347 e. The molecule has 1 rings (SSSR count). The Morgan fingerprint density at radius 2 is 1.88 bits per heavy atom. The fraction of sp³-hybridized carbons (Fsp3) is 0.818. The minimum atomic E-state index is -0.0468. The lowest BCUT2D eigenvalue weighted by Crippen LogP contribution is -2.42. The summed E-state index contributed by atoms with van der Waals surface area (Å²) in [5, 5.41) is 3.19. The molecule has 1 aliphatic rings. The topological polar surface area (TPSA) is 52.7 Å². The van der Waals surface area contributed by atoms with Crippen LogP contribution >= 0.6 is 0 Å². The third-order valence-corrected chi connectivity index (χ3v) is 3.08. The van der Waals surface area contributed by atoms with Crippen LogP contribution in [0.2, 0.25) is 0 Å². The minimum absolute atomic E-state index is 0.0139. The summed E-state index contributed by atoms with van der Waals surface area (Å²) in [5.41, 5.74) is 0. The fourth-order valence-corrected chi connectivity index (χ4v) is 1.85. The van der Waals surface area contributed by atoms with Gasteiger partial charge < -0.3 is 15.1 Å². The standard InChI is InChI=1S/C11H21N3O2/c1-8-5-12-6-9(8)11(16)14(4)7-10(15)13(2)3/h8-9,12H,5-7H2,1-4H3/t8-,9-/m1/s1. The Morgan fingerprint density at radius 1 is 1.25 bits per heavy atom. The van der Waals surface area contributed by atoms with Gasteiger partial charge in [0.1, 0.15) is 0 Å². The van der Waals surface area contributed by atoms with Crippen LogP contribution in [0.5, 0.6) is 0 Å². The van der Waals surface area contributed by atoms with Gasteiger partial charge in [0, 0.05) is 27.7 Å². The van der Waals surface area contributed by atoms with Crippen molar-refractivity contribution in [3.05, 3.63) is 0 Å². The predicted octanol–water partition coefficient (Wildman–Crippen LogP) is -0.611. The molecule has 1 aliphatic heterocycles. The van der Waals surface area contributed by atoms with Gasteiger partial charge in [-0.1, -0.05) is 6.92 Å². The van der Waals surface area contributed by atoms with Crippen molar-refractivity contribution < 1.29 is 9.59 Å². The van der Waals surface area contributed by atoms with Crippen molar-refractivity contribution in [2.75, 3.05) is 40.8 Å². The molecule has 5 nitrogen and oxygen atoms in total. The van der Waals surface area contributed by atoms with E-state index in [1.165, 1.54) is 9.80 Å². The second-order valence-corrected chi connectivity index (χ2v) is 4.72. The normalized spacial score (nSPS) is 24.2. The summed E-state index contributed by atoms with van der Waals surface area (Å²) in [6.45, 7) is 3.82. The molecule has 0 aromatic carbocycles. The Kier molecular flexibility index (Phi) is 4.29. The van der Waals surface area contributed by atoms with Crippen LogP contribution in [-0.2, 0) is 9.59 Å². The molecule has 1 saturated heterocycles. The highest BCUT2D eigenvalue weighted by atomic mass is 16.2. The number of rotatable bonds is 3. The first-order chi connectivity index (χ1) is 7.43. The molecular weight excluding hydrogens is 206 g/mol. The zero-order chi connectivity index (χ0) is 12.3. The van der Waals surface area contributed by atoms with Crippen molar-refractivity contribution in [2.24, 2.45) is 11.8 Å². The lowest BCUT2D eigenvalue weighted by Gasteiger charge is -2.23. The number of amides is 2. The van der Waals surface area contributed by atoms with Crippen molar-refractivity contribution in [3.8, 4) is 0 Å². The first-order valence-electron chi connectivity index (χ1n) is 5.59. The van der Waals surface area contributed by atoms with E-state index in [-0.39, 0.29) is 24.3 Å². The van der Waals surface area contributed by atoms with Crippen LogP contribution in [0.1, 0.15) is 6.92 Å². The largest absolute Gasteiger partial charge is 0.347 e. The zero-order valence-corrected chi connectivity index (χ0v) is 10.5. The summed E-state index contributed by atoms with van der Waals surface area (Å²) < 4.78 is 0. The summed E-state index contributed by atoms with van der Waals surface area (Å²) in [5.74, 6) is 0.381. The highest BCUT2D eigenvalue weighted by Gasteiger charge is 2.32. The molecule has 92 valence electrons. The summed E-state index contributed by atoms with van der Waals surface area (Å²) in [6, 6.07) is 0. The highest BCUT2D eigenvalue weighted by Crippen LogP contribution is 2.17. The molecule has 1 heterocycles. The van der Waals surface area contributed by atoms with Crippen LogP contribution in [0.3, 0.4) is 0 Å². The second-order valence-electron chi connectivity index (χ2n) is 4.72. The summed E-state index contributed by atoms with van der Waals surface area (Å²) in [7, 11) is 5.08. The van der Waals surface area contributed by atoms with E-state index in [2.05, 4.69) is 12.2 Å². The van der Waals surface area contributed by atoms with Gasteiger partial charge in [-0.3, -0.25) is 9.59 Å². The van der Waals surface area contributed by atoms with E-state index in [1.807, 2.05) is 0 Å². The first kappa shape index (κ1) is 13.0. The van der Waals surface area contributed by atoms with Crippen molar-refractivity contribution >= 4 is 11.8 Å². The molecular formula is C11H21N3O2. The Labute approximate surface area is 96.8 Å². The van der Waals surface area contributed by atoms with Gasteiger partial charge in [0.2, 0.25) is 11.8 Å². The maximum atomic E-state index is 12.0. The smallest absolute Gasteiger partial charge is 0.241 e. The predicted molar refractivity (Wildman–Crippen MR) is 61.9 cm³/mol. The molecule has 5 heteroatoms. The number of nitrogens with zero attached hydrogens (tertiary/aromatic N) is 2. The van der Waals surface area contributed by atoms with Crippen molar-refractivity contribution in [2.45, 2.75) is 6.92 Å². The molecule has 0 saturated carbocycles. The van der Waals surface area contributed by atoms with E-state index in [0.29, 0.717) is 5.92 Å². The molecule has 2 amide bonds. The number of nitrogens with one attached hydrogen (secondary N) is 1. The molecule has 1 N–H and O–H groups in total. The first-order valence-corrected chi connectivity index (χ1v) is 5.59. The van der Waals surface area contributed by atoms with Crippen LogP contribution in [0.15, 0.2) is 0 Å². The molecule has 0 aliphatic carbocycles. The van der Waals surface area contributed by atoms with Gasteiger partial charge in [-0.25, -0.2) is 0 Å². The molecule has 0 bridgehead atoms. The Hall–Kier alpha value is -1.10. The van der Waals surface area contributed by atoms with E-state index in [1.54, 1.807) is 21.1 Å². The van der Waals surface area contributed by atoms with Crippen LogP contribution < -0.4 is 5.32 Å². The molecule has 0 aromatic heterocycles. The monoisotopic (exact) mass is 227 g/mol. The van der Waals surface area contributed by atoms with E-state index in [9.17, 15) is 9.59 Å². The zero-order valence-electron chi connectivity index (χ0n) is 10.5. The SMILES string of the molecule is C[C@@H]1CNC[C@H]1C(=O)N(C)CC(=O)N(C)C. The molecule has 1 fully saturated rings. The van der Waals surface area contributed by atoms with Gasteiger partial charge in [-0.15, -0.1) is 0 Å². The summed E-state index contributed by atoms with van der Waals surface area (Å²) in [6.07, 6.45) is 0. The third kappa shape index (κ3) is 2.95. The third-order valence-electron chi connectivity index (χ3n) is 3.08. The van der Waals surface area contributed by atoms with Crippen LogP contribution in [0, 0.1) is 11.8 Å². The lowest BCUT2D eigenvalue weighted by atomic mass is 9.97. The molecule has 2 atom stereocenters. The molecule has 0 spiro atoms. The molecule has 0 aromatic rings. The summed E-state index contributed by atoms with van der Waals surface area (Å²) >= 11 is 0. The van der Waals surface area contributed by atoms with E-state index in [4.69, 9.17) is 0 Å². The summed E-state index contributed by atoms with van der Waals surface area (Å²) in [4.78, 5) is 26.5. The number of carbonyl (C=O) groups is 2. The van der Waals surface area contributed by atoms with Crippen molar-refractivity contribution in [1.29, 1.82) is 0 Å². The Morgan fingerprint density at radius 3 is 2.31 bits per heavy atom. The Bertz CT molecular complexity index is 278. The quantitative estimate of drug-likeness (QED) is 0.700. The van der Waals surface area contributed by atoms with Gasteiger partial charge in [0.05, 0.1) is 12.5 Å². The van der Waals surface area contributed by atoms with Gasteiger partial charge in [-0.05, 0) is 12.5 Å². The van der Waals surface area contributed by atoms with Crippen LogP contribution in [0.25, 0.3) is 0 Å². The number of carbonyl (C=O) groups excluding carboxylic acids is 2.